The fourth-order valence-corrected chi connectivity index (χ4v) is 2.08. The molecule has 0 radical (unpaired) electrons. The summed E-state index contributed by atoms with van der Waals surface area (Å²) in [7, 11) is 0. The first-order valence-corrected chi connectivity index (χ1v) is 7.68. The predicted molar refractivity (Wildman–Crippen MR) is 94.5 cm³/mol. The minimum absolute atomic E-state index is 0.116. The summed E-state index contributed by atoms with van der Waals surface area (Å²) >= 11 is 0. The van der Waals surface area contributed by atoms with Gasteiger partial charge in [0.25, 0.3) is 0 Å². The van der Waals surface area contributed by atoms with E-state index in [0.717, 1.165) is 11.3 Å². The summed E-state index contributed by atoms with van der Waals surface area (Å²) in [4.78, 5) is 4.41. The second-order valence-corrected chi connectivity index (χ2v) is 5.64. The SMILES string of the molecule is Cc1ccc(N=Cc2cc(N=Nc3nonc3C)ccc2O)cc1C. The summed E-state index contributed by atoms with van der Waals surface area (Å²) in [5.74, 6) is 0.434. The molecule has 0 atom stereocenters. The van der Waals surface area contributed by atoms with Crippen LogP contribution in [0, 0.1) is 20.8 Å². The number of aromatic nitrogens is 2. The summed E-state index contributed by atoms with van der Waals surface area (Å²) in [6.45, 7) is 5.81. The number of benzene rings is 2. The molecule has 3 rings (SSSR count). The maximum absolute atomic E-state index is 10.0. The number of aromatic hydroxyl groups is 1. The highest BCUT2D eigenvalue weighted by Crippen LogP contribution is 2.25. The van der Waals surface area contributed by atoms with Crippen molar-refractivity contribution in [2.24, 2.45) is 15.2 Å². The van der Waals surface area contributed by atoms with E-state index in [-0.39, 0.29) is 5.75 Å². The monoisotopic (exact) mass is 335 g/mol. The van der Waals surface area contributed by atoms with Crippen molar-refractivity contribution in [2.75, 3.05) is 0 Å². The molecule has 0 saturated carbocycles. The Bertz CT molecular complexity index is 960. The molecule has 7 nitrogen and oxygen atoms in total. The van der Waals surface area contributed by atoms with Crippen LogP contribution in [0.5, 0.6) is 5.75 Å². The van der Waals surface area contributed by atoms with E-state index in [1.165, 1.54) is 5.56 Å². The minimum atomic E-state index is 0.116. The van der Waals surface area contributed by atoms with Crippen LogP contribution in [-0.4, -0.2) is 21.6 Å². The largest absolute Gasteiger partial charge is 0.507 e. The average Bonchev–Trinajstić information content (AvgIpc) is 3.01. The molecule has 0 aliphatic heterocycles. The second-order valence-electron chi connectivity index (χ2n) is 5.64. The Labute approximate surface area is 144 Å². The van der Waals surface area contributed by atoms with Crippen molar-refractivity contribution >= 4 is 23.4 Å². The van der Waals surface area contributed by atoms with Gasteiger partial charge in [0.2, 0.25) is 5.82 Å². The number of aliphatic imine (C=N–C) groups is 1. The molecular weight excluding hydrogens is 318 g/mol. The van der Waals surface area contributed by atoms with Crippen molar-refractivity contribution in [1.29, 1.82) is 0 Å². The molecule has 0 spiro atoms. The average molecular weight is 335 g/mol. The molecule has 2 aromatic carbocycles. The number of nitrogens with zero attached hydrogens (tertiary/aromatic N) is 5. The second kappa shape index (κ2) is 7.04. The molecule has 3 aromatic rings. The molecule has 1 heterocycles. The number of phenolic OH excluding ortho intramolecular Hbond substituents is 1. The van der Waals surface area contributed by atoms with Crippen LogP contribution in [0.25, 0.3) is 0 Å². The van der Waals surface area contributed by atoms with Crippen molar-refractivity contribution < 1.29 is 9.74 Å². The van der Waals surface area contributed by atoms with Crippen LogP contribution >= 0.6 is 0 Å². The lowest BCUT2D eigenvalue weighted by Crippen LogP contribution is -1.83. The maximum Gasteiger partial charge on any atom is 0.240 e. The van der Waals surface area contributed by atoms with Crippen LogP contribution in [0.15, 0.2) is 56.2 Å². The van der Waals surface area contributed by atoms with Gasteiger partial charge in [0, 0.05) is 11.8 Å². The van der Waals surface area contributed by atoms with Crippen LogP contribution in [-0.2, 0) is 0 Å². The molecule has 0 fully saturated rings. The number of azo groups is 1. The molecule has 25 heavy (non-hydrogen) atoms. The van der Waals surface area contributed by atoms with E-state index in [4.69, 9.17) is 0 Å². The van der Waals surface area contributed by atoms with Gasteiger partial charge < -0.3 is 5.11 Å². The summed E-state index contributed by atoms with van der Waals surface area (Å²) < 4.78 is 4.57. The number of hydrogen-bond acceptors (Lipinski definition) is 7. The summed E-state index contributed by atoms with van der Waals surface area (Å²) in [5, 5.41) is 25.3. The number of aryl methyl sites for hydroxylation is 3. The molecule has 0 aliphatic carbocycles. The van der Waals surface area contributed by atoms with Gasteiger partial charge in [-0.2, -0.15) is 0 Å². The molecule has 1 aromatic heterocycles. The van der Waals surface area contributed by atoms with E-state index in [1.807, 2.05) is 25.1 Å². The predicted octanol–water partition coefficient (Wildman–Crippen LogP) is 4.87. The van der Waals surface area contributed by atoms with Crippen molar-refractivity contribution in [3.63, 3.8) is 0 Å². The third-order valence-corrected chi connectivity index (χ3v) is 3.74. The summed E-state index contributed by atoms with van der Waals surface area (Å²) in [5.41, 5.74) is 4.85. The Hall–Kier alpha value is -3.35. The molecular formula is C18H17N5O2. The third kappa shape index (κ3) is 3.95. The Morgan fingerprint density at radius 3 is 2.44 bits per heavy atom. The van der Waals surface area contributed by atoms with Gasteiger partial charge in [-0.3, -0.25) is 4.99 Å². The van der Waals surface area contributed by atoms with Gasteiger partial charge in [0.05, 0.1) is 11.4 Å². The zero-order chi connectivity index (χ0) is 17.8. The smallest absolute Gasteiger partial charge is 0.240 e. The van der Waals surface area contributed by atoms with Crippen LogP contribution in [0.4, 0.5) is 17.2 Å². The number of hydrogen-bond donors (Lipinski definition) is 1. The van der Waals surface area contributed by atoms with Gasteiger partial charge in [-0.05, 0) is 67.4 Å². The summed E-state index contributed by atoms with van der Waals surface area (Å²) in [6.07, 6.45) is 1.60. The maximum atomic E-state index is 10.0. The molecule has 7 heteroatoms. The fourth-order valence-electron chi connectivity index (χ4n) is 2.08. The number of rotatable bonds is 4. The standard InChI is InChI=1S/C18H17N5O2/c1-11-4-5-15(8-12(11)2)19-10-14-9-16(6-7-17(14)24)20-21-18-13(3)22-25-23-18/h4-10,24H,1-3H3. The first-order valence-electron chi connectivity index (χ1n) is 7.68. The Morgan fingerprint density at radius 2 is 1.72 bits per heavy atom. The molecule has 0 bridgehead atoms. The van der Waals surface area contributed by atoms with Crippen LogP contribution in [0.2, 0.25) is 0 Å². The molecule has 0 unspecified atom stereocenters. The van der Waals surface area contributed by atoms with E-state index in [0.29, 0.717) is 22.8 Å². The van der Waals surface area contributed by atoms with Gasteiger partial charge in [0.15, 0.2) is 0 Å². The lowest BCUT2D eigenvalue weighted by molar-refractivity contribution is 0.305. The van der Waals surface area contributed by atoms with E-state index in [2.05, 4.69) is 37.1 Å². The molecule has 126 valence electrons. The summed E-state index contributed by atoms with van der Waals surface area (Å²) in [6, 6.07) is 10.8. The first-order chi connectivity index (χ1) is 12.0. The van der Waals surface area contributed by atoms with Crippen molar-refractivity contribution in [1.82, 2.24) is 10.3 Å². The van der Waals surface area contributed by atoms with Gasteiger partial charge in [-0.1, -0.05) is 11.2 Å². The van der Waals surface area contributed by atoms with E-state index in [1.54, 1.807) is 31.3 Å². The normalized spacial score (nSPS) is 11.6. The highest BCUT2D eigenvalue weighted by molar-refractivity contribution is 5.86. The van der Waals surface area contributed by atoms with E-state index in [9.17, 15) is 5.11 Å². The van der Waals surface area contributed by atoms with Gasteiger partial charge >= 0.3 is 0 Å². The van der Waals surface area contributed by atoms with Gasteiger partial charge in [-0.15, -0.1) is 10.2 Å². The highest BCUT2D eigenvalue weighted by Gasteiger charge is 2.04. The quantitative estimate of drug-likeness (QED) is 0.543. The molecule has 0 saturated heterocycles. The van der Waals surface area contributed by atoms with E-state index >= 15 is 0 Å². The van der Waals surface area contributed by atoms with Crippen LogP contribution in [0.3, 0.4) is 0 Å². The Balaban J connectivity index is 1.84. The zero-order valence-electron chi connectivity index (χ0n) is 14.1. The van der Waals surface area contributed by atoms with Crippen LogP contribution in [0.1, 0.15) is 22.4 Å². The Morgan fingerprint density at radius 1 is 0.920 bits per heavy atom. The van der Waals surface area contributed by atoms with Crippen LogP contribution < -0.4 is 0 Å². The highest BCUT2D eigenvalue weighted by atomic mass is 16.6. The van der Waals surface area contributed by atoms with Crippen molar-refractivity contribution in [2.45, 2.75) is 20.8 Å². The molecule has 1 N–H and O–H groups in total. The Kier molecular flexibility index (Phi) is 4.65. The number of phenols is 1. The zero-order valence-corrected chi connectivity index (χ0v) is 14.1. The first kappa shape index (κ1) is 16.5. The molecule has 0 amide bonds. The lowest BCUT2D eigenvalue weighted by Gasteiger charge is -2.02. The van der Waals surface area contributed by atoms with Crippen molar-refractivity contribution in [3.05, 3.63) is 58.8 Å². The lowest BCUT2D eigenvalue weighted by atomic mass is 10.1. The van der Waals surface area contributed by atoms with E-state index < -0.39 is 0 Å². The molecule has 0 aliphatic rings. The topological polar surface area (TPSA) is 96.2 Å². The van der Waals surface area contributed by atoms with Gasteiger partial charge in [-0.25, -0.2) is 4.63 Å². The van der Waals surface area contributed by atoms with Crippen molar-refractivity contribution in [3.8, 4) is 5.75 Å². The minimum Gasteiger partial charge on any atom is -0.507 e. The fraction of sp³-hybridized carbons (Fsp3) is 0.167. The van der Waals surface area contributed by atoms with Gasteiger partial charge in [0.1, 0.15) is 11.4 Å². The third-order valence-electron chi connectivity index (χ3n) is 3.74.